The van der Waals surface area contributed by atoms with Crippen molar-refractivity contribution in [3.8, 4) is 6.07 Å². The third-order valence-electron chi connectivity index (χ3n) is 3.51. The Morgan fingerprint density at radius 2 is 2.35 bits per heavy atom. The fraction of sp³-hybridized carbons (Fsp3) is 0.538. The monoisotopic (exact) mass is 295 g/mol. The molecule has 1 fully saturated rings. The molecule has 7 heteroatoms. The number of piperidine rings is 1. The average molecular weight is 295 g/mol. The molecule has 108 valence electrons. The first kappa shape index (κ1) is 14.9. The van der Waals surface area contributed by atoms with Crippen molar-refractivity contribution in [2.24, 2.45) is 5.92 Å². The highest BCUT2D eigenvalue weighted by atomic mass is 32.2. The van der Waals surface area contributed by atoms with E-state index in [1.54, 1.807) is 0 Å². The second-order valence-corrected chi connectivity index (χ2v) is 6.75. The van der Waals surface area contributed by atoms with Crippen molar-refractivity contribution in [2.75, 3.05) is 19.7 Å². The molecule has 0 saturated carbocycles. The number of hydrogen-bond donors (Lipinski definition) is 1. The molecule has 1 atom stereocenters. The van der Waals surface area contributed by atoms with Gasteiger partial charge in [-0.1, -0.05) is 0 Å². The molecule has 2 rings (SSSR count). The minimum Gasteiger partial charge on any atom is -0.396 e. The number of sulfonamides is 1. The van der Waals surface area contributed by atoms with Gasteiger partial charge in [-0.3, -0.25) is 0 Å². The third-order valence-corrected chi connectivity index (χ3v) is 5.41. The Kier molecular flexibility index (Phi) is 4.70. The van der Waals surface area contributed by atoms with Crippen LogP contribution in [-0.2, 0) is 10.0 Å². The zero-order valence-electron chi connectivity index (χ0n) is 11.1. The lowest BCUT2D eigenvalue weighted by Crippen LogP contribution is -2.40. The quantitative estimate of drug-likeness (QED) is 0.884. The SMILES string of the molecule is N#Cc1ncccc1S(=O)(=O)N1CCCC(CCO)C1. The molecule has 1 unspecified atom stereocenters. The minimum atomic E-state index is -3.69. The van der Waals surface area contributed by atoms with Gasteiger partial charge in [0.25, 0.3) is 0 Å². The van der Waals surface area contributed by atoms with Crippen LogP contribution >= 0.6 is 0 Å². The lowest BCUT2D eigenvalue weighted by Gasteiger charge is -2.31. The first-order valence-corrected chi connectivity index (χ1v) is 7.99. The Morgan fingerprint density at radius 3 is 3.05 bits per heavy atom. The molecule has 6 nitrogen and oxygen atoms in total. The summed E-state index contributed by atoms with van der Waals surface area (Å²) in [4.78, 5) is 3.77. The number of nitrogens with zero attached hydrogens (tertiary/aromatic N) is 3. The molecular formula is C13H17N3O3S. The van der Waals surface area contributed by atoms with E-state index in [2.05, 4.69) is 4.98 Å². The number of hydrogen-bond acceptors (Lipinski definition) is 5. The number of aromatic nitrogens is 1. The molecule has 0 bridgehead atoms. The Morgan fingerprint density at radius 1 is 1.55 bits per heavy atom. The highest BCUT2D eigenvalue weighted by Gasteiger charge is 2.31. The van der Waals surface area contributed by atoms with E-state index in [1.807, 2.05) is 6.07 Å². The lowest BCUT2D eigenvalue weighted by atomic mass is 9.97. The third kappa shape index (κ3) is 2.98. The molecule has 0 amide bonds. The number of nitriles is 1. The van der Waals surface area contributed by atoms with Gasteiger partial charge in [-0.05, 0) is 37.3 Å². The van der Waals surface area contributed by atoms with Crippen LogP contribution in [0.4, 0.5) is 0 Å². The van der Waals surface area contributed by atoms with E-state index in [1.165, 1.54) is 22.6 Å². The molecule has 0 radical (unpaired) electrons. The van der Waals surface area contributed by atoms with Crippen molar-refractivity contribution in [2.45, 2.75) is 24.2 Å². The summed E-state index contributed by atoms with van der Waals surface area (Å²) in [5, 5.41) is 18.0. The van der Waals surface area contributed by atoms with Crippen molar-refractivity contribution < 1.29 is 13.5 Å². The van der Waals surface area contributed by atoms with Gasteiger partial charge in [0.1, 0.15) is 11.0 Å². The zero-order chi connectivity index (χ0) is 14.6. The number of aliphatic hydroxyl groups excluding tert-OH is 1. The molecule has 1 aromatic heterocycles. The highest BCUT2D eigenvalue weighted by Crippen LogP contribution is 2.26. The summed E-state index contributed by atoms with van der Waals surface area (Å²) in [7, 11) is -3.69. The summed E-state index contributed by atoms with van der Waals surface area (Å²) in [5.41, 5.74) is -0.0724. The van der Waals surface area contributed by atoms with E-state index >= 15 is 0 Å². The van der Waals surface area contributed by atoms with Crippen molar-refractivity contribution in [1.29, 1.82) is 5.26 Å². The van der Waals surface area contributed by atoms with Crippen LogP contribution in [0, 0.1) is 17.2 Å². The molecular weight excluding hydrogens is 278 g/mol. The minimum absolute atomic E-state index is 0.0350. The van der Waals surface area contributed by atoms with Crippen molar-refractivity contribution >= 4 is 10.0 Å². The predicted octanol–water partition coefficient (Wildman–Crippen LogP) is 0.736. The van der Waals surface area contributed by atoms with E-state index < -0.39 is 10.0 Å². The van der Waals surface area contributed by atoms with Gasteiger partial charge in [0, 0.05) is 25.9 Å². The first-order valence-electron chi connectivity index (χ1n) is 6.55. The van der Waals surface area contributed by atoms with Crippen LogP contribution in [-0.4, -0.2) is 42.5 Å². The van der Waals surface area contributed by atoms with Gasteiger partial charge >= 0.3 is 0 Å². The number of pyridine rings is 1. The second kappa shape index (κ2) is 6.31. The summed E-state index contributed by atoms with van der Waals surface area (Å²) in [6.45, 7) is 0.904. The molecule has 0 aromatic carbocycles. The van der Waals surface area contributed by atoms with Crippen LogP contribution in [0.3, 0.4) is 0 Å². The molecule has 20 heavy (non-hydrogen) atoms. The topological polar surface area (TPSA) is 94.3 Å². The van der Waals surface area contributed by atoms with Gasteiger partial charge in [-0.2, -0.15) is 9.57 Å². The first-order chi connectivity index (χ1) is 9.59. The zero-order valence-corrected chi connectivity index (χ0v) is 11.9. The molecule has 1 aliphatic heterocycles. The summed E-state index contributed by atoms with van der Waals surface area (Å²) in [5.74, 6) is 0.172. The second-order valence-electron chi connectivity index (χ2n) is 4.85. The average Bonchev–Trinajstić information content (AvgIpc) is 2.48. The van der Waals surface area contributed by atoms with Crippen LogP contribution in [0.25, 0.3) is 0 Å². The number of rotatable bonds is 4. The maximum Gasteiger partial charge on any atom is 0.245 e. The molecule has 1 aliphatic rings. The molecule has 2 heterocycles. The van der Waals surface area contributed by atoms with Gasteiger partial charge < -0.3 is 5.11 Å². The van der Waals surface area contributed by atoms with Crippen molar-refractivity contribution in [1.82, 2.24) is 9.29 Å². The van der Waals surface area contributed by atoms with Gasteiger partial charge in [0.05, 0.1) is 0 Å². The molecule has 1 N–H and O–H groups in total. The highest BCUT2D eigenvalue weighted by molar-refractivity contribution is 7.89. The van der Waals surface area contributed by atoms with Crippen LogP contribution in [0.1, 0.15) is 25.0 Å². The molecule has 1 saturated heterocycles. The normalized spacial score (nSPS) is 20.5. The number of aliphatic hydroxyl groups is 1. The molecule has 1 aromatic rings. The Hall–Kier alpha value is -1.49. The van der Waals surface area contributed by atoms with Crippen molar-refractivity contribution in [3.63, 3.8) is 0 Å². The summed E-state index contributed by atoms with van der Waals surface area (Å²) < 4.78 is 26.6. The Labute approximate surface area is 118 Å². The summed E-state index contributed by atoms with van der Waals surface area (Å²) in [6.07, 6.45) is 3.70. The predicted molar refractivity (Wildman–Crippen MR) is 72.1 cm³/mol. The summed E-state index contributed by atoms with van der Waals surface area (Å²) >= 11 is 0. The van der Waals surface area contributed by atoms with Gasteiger partial charge in [0.2, 0.25) is 10.0 Å². The van der Waals surface area contributed by atoms with Crippen molar-refractivity contribution in [3.05, 3.63) is 24.0 Å². The van der Waals surface area contributed by atoms with Crippen LogP contribution < -0.4 is 0 Å². The largest absolute Gasteiger partial charge is 0.396 e. The van der Waals surface area contributed by atoms with E-state index in [4.69, 9.17) is 10.4 Å². The summed E-state index contributed by atoms with van der Waals surface area (Å²) in [6, 6.07) is 4.75. The lowest BCUT2D eigenvalue weighted by molar-refractivity contribution is 0.203. The van der Waals surface area contributed by atoms with Crippen LogP contribution in [0.5, 0.6) is 0 Å². The van der Waals surface area contributed by atoms with E-state index in [9.17, 15) is 8.42 Å². The standard InChI is InChI=1S/C13H17N3O3S/c14-9-12-13(4-1-6-15-12)20(18,19)16-7-2-3-11(10-16)5-8-17/h1,4,6,11,17H,2-3,5,7-8,10H2. The maximum absolute atomic E-state index is 12.6. The van der Waals surface area contributed by atoms with E-state index in [-0.39, 0.29) is 23.1 Å². The van der Waals surface area contributed by atoms with E-state index in [0.29, 0.717) is 19.5 Å². The molecule has 0 aliphatic carbocycles. The Balaban J connectivity index is 2.28. The fourth-order valence-electron chi connectivity index (χ4n) is 2.49. The smallest absolute Gasteiger partial charge is 0.245 e. The van der Waals surface area contributed by atoms with Gasteiger partial charge in [-0.15, -0.1) is 0 Å². The van der Waals surface area contributed by atoms with Gasteiger partial charge in [-0.25, -0.2) is 13.4 Å². The maximum atomic E-state index is 12.6. The van der Waals surface area contributed by atoms with E-state index in [0.717, 1.165) is 12.8 Å². The Bertz CT molecular complexity index is 608. The molecule has 0 spiro atoms. The fourth-order valence-corrected chi connectivity index (χ4v) is 4.13. The van der Waals surface area contributed by atoms with Gasteiger partial charge in [0.15, 0.2) is 5.69 Å². The van der Waals surface area contributed by atoms with Crippen LogP contribution in [0.15, 0.2) is 23.2 Å². The van der Waals surface area contributed by atoms with Crippen LogP contribution in [0.2, 0.25) is 0 Å².